The van der Waals surface area contributed by atoms with E-state index >= 15 is 0 Å². The van der Waals surface area contributed by atoms with E-state index < -0.39 is 17.6 Å². The number of rotatable bonds is 4. The van der Waals surface area contributed by atoms with E-state index in [0.29, 0.717) is 16.4 Å². The van der Waals surface area contributed by atoms with Crippen LogP contribution in [0.3, 0.4) is 0 Å². The SMILES string of the molecule is Cc1nn(CC(=O)Nc2ccc(Cl)cc2Cl)c2nc(C3CC3)cc(C(F)(F)F)c12. The molecule has 29 heavy (non-hydrogen) atoms. The van der Waals surface area contributed by atoms with Crippen molar-refractivity contribution in [2.75, 3.05) is 5.32 Å². The molecule has 0 spiro atoms. The molecular weight excluding hydrogens is 428 g/mol. The van der Waals surface area contributed by atoms with Crippen LogP contribution in [0.15, 0.2) is 24.3 Å². The van der Waals surface area contributed by atoms with Crippen molar-refractivity contribution in [3.63, 3.8) is 0 Å². The van der Waals surface area contributed by atoms with E-state index in [1.807, 2.05) is 0 Å². The van der Waals surface area contributed by atoms with E-state index in [1.54, 1.807) is 12.1 Å². The zero-order valence-electron chi connectivity index (χ0n) is 15.1. The van der Waals surface area contributed by atoms with Gasteiger partial charge in [-0.15, -0.1) is 0 Å². The van der Waals surface area contributed by atoms with E-state index in [-0.39, 0.29) is 34.2 Å². The Morgan fingerprint density at radius 2 is 2.00 bits per heavy atom. The van der Waals surface area contributed by atoms with Crippen LogP contribution in [0.1, 0.15) is 35.7 Å². The number of carbonyl (C=O) groups is 1. The number of carbonyl (C=O) groups excluding carboxylic acids is 1. The van der Waals surface area contributed by atoms with Gasteiger partial charge in [-0.2, -0.15) is 18.3 Å². The number of benzene rings is 1. The first kappa shape index (κ1) is 20.0. The highest BCUT2D eigenvalue weighted by atomic mass is 35.5. The normalized spacial score (nSPS) is 14.4. The third kappa shape index (κ3) is 4.04. The van der Waals surface area contributed by atoms with Crippen molar-refractivity contribution < 1.29 is 18.0 Å². The van der Waals surface area contributed by atoms with Gasteiger partial charge in [-0.1, -0.05) is 23.2 Å². The fourth-order valence-electron chi connectivity index (χ4n) is 3.21. The third-order valence-electron chi connectivity index (χ3n) is 4.70. The summed E-state index contributed by atoms with van der Waals surface area (Å²) in [6, 6.07) is 5.69. The van der Waals surface area contributed by atoms with Gasteiger partial charge in [-0.25, -0.2) is 9.67 Å². The number of aromatic nitrogens is 3. The summed E-state index contributed by atoms with van der Waals surface area (Å²) in [5.74, 6) is -0.475. The Bertz CT molecular complexity index is 1120. The summed E-state index contributed by atoms with van der Waals surface area (Å²) in [7, 11) is 0. The largest absolute Gasteiger partial charge is 0.417 e. The molecule has 0 unspecified atom stereocenters. The number of nitrogens with zero attached hydrogens (tertiary/aromatic N) is 3. The highest BCUT2D eigenvalue weighted by molar-refractivity contribution is 6.36. The Balaban J connectivity index is 1.70. The van der Waals surface area contributed by atoms with E-state index in [9.17, 15) is 18.0 Å². The minimum absolute atomic E-state index is 0.0193. The molecule has 1 aliphatic carbocycles. The van der Waals surface area contributed by atoms with Gasteiger partial charge in [0.1, 0.15) is 6.54 Å². The molecule has 152 valence electrons. The number of halogens is 5. The topological polar surface area (TPSA) is 59.8 Å². The molecule has 1 aliphatic rings. The lowest BCUT2D eigenvalue weighted by molar-refractivity contribution is -0.136. The molecule has 1 N–H and O–H groups in total. The van der Waals surface area contributed by atoms with Crippen LogP contribution in [0, 0.1) is 6.92 Å². The van der Waals surface area contributed by atoms with Crippen LogP contribution in [0.25, 0.3) is 11.0 Å². The number of hydrogen-bond acceptors (Lipinski definition) is 3. The second kappa shape index (κ2) is 7.18. The predicted octanol–water partition coefficient (Wildman–Crippen LogP) is 5.58. The number of aryl methyl sites for hydroxylation is 1. The smallest absolute Gasteiger partial charge is 0.323 e. The Morgan fingerprint density at radius 3 is 2.62 bits per heavy atom. The first-order valence-electron chi connectivity index (χ1n) is 8.83. The molecule has 0 saturated heterocycles. The Kier molecular flexibility index (Phi) is 4.94. The molecule has 0 bridgehead atoms. The summed E-state index contributed by atoms with van der Waals surface area (Å²) >= 11 is 11.9. The highest BCUT2D eigenvalue weighted by Crippen LogP contribution is 2.43. The average molecular weight is 443 g/mol. The first-order valence-corrected chi connectivity index (χ1v) is 9.59. The lowest BCUT2D eigenvalue weighted by Gasteiger charge is -2.11. The lowest BCUT2D eigenvalue weighted by atomic mass is 10.1. The van der Waals surface area contributed by atoms with Gasteiger partial charge in [0.05, 0.1) is 27.4 Å². The Hall–Kier alpha value is -2.32. The summed E-state index contributed by atoms with van der Waals surface area (Å²) in [5, 5.41) is 7.34. The monoisotopic (exact) mass is 442 g/mol. The quantitative estimate of drug-likeness (QED) is 0.573. The second-order valence-corrected chi connectivity index (χ2v) is 7.82. The summed E-state index contributed by atoms with van der Waals surface area (Å²) in [5.41, 5.74) is 0.175. The number of anilines is 1. The molecule has 0 atom stereocenters. The van der Waals surface area contributed by atoms with Crippen LogP contribution in [0.2, 0.25) is 10.0 Å². The van der Waals surface area contributed by atoms with Crippen molar-refractivity contribution in [3.8, 4) is 0 Å². The molecule has 1 fully saturated rings. The number of amides is 1. The Labute approximate surface area is 173 Å². The molecule has 1 aromatic carbocycles. The van der Waals surface area contributed by atoms with Crippen molar-refractivity contribution in [2.45, 2.75) is 38.4 Å². The van der Waals surface area contributed by atoms with Gasteiger partial charge in [0.25, 0.3) is 0 Å². The van der Waals surface area contributed by atoms with Crippen LogP contribution in [-0.2, 0) is 17.5 Å². The fourth-order valence-corrected chi connectivity index (χ4v) is 3.67. The van der Waals surface area contributed by atoms with Crippen molar-refractivity contribution >= 4 is 45.8 Å². The van der Waals surface area contributed by atoms with Crippen LogP contribution in [0.5, 0.6) is 0 Å². The minimum Gasteiger partial charge on any atom is -0.323 e. The number of fused-ring (bicyclic) bond motifs is 1. The van der Waals surface area contributed by atoms with Crippen molar-refractivity contribution in [1.82, 2.24) is 14.8 Å². The summed E-state index contributed by atoms with van der Waals surface area (Å²) < 4.78 is 42.1. The molecule has 0 radical (unpaired) electrons. The van der Waals surface area contributed by atoms with Crippen molar-refractivity contribution in [3.05, 3.63) is 51.3 Å². The van der Waals surface area contributed by atoms with Gasteiger partial charge in [-0.05, 0) is 44.0 Å². The molecule has 10 heteroatoms. The molecule has 5 nitrogen and oxygen atoms in total. The molecule has 3 aromatic rings. The standard InChI is InChI=1S/C19H15Cl2F3N4O/c1-9-17-12(19(22,23)24)7-15(10-2-3-10)26-18(17)28(27-9)8-16(29)25-14-5-4-11(20)6-13(14)21/h4-7,10H,2-3,8H2,1H3,(H,25,29). The number of nitrogens with one attached hydrogen (secondary N) is 1. The summed E-state index contributed by atoms with van der Waals surface area (Å²) in [4.78, 5) is 16.9. The second-order valence-electron chi connectivity index (χ2n) is 6.98. The van der Waals surface area contributed by atoms with Gasteiger partial charge in [0.15, 0.2) is 5.65 Å². The van der Waals surface area contributed by atoms with E-state index in [2.05, 4.69) is 15.4 Å². The zero-order valence-corrected chi connectivity index (χ0v) is 16.7. The molecule has 2 aromatic heterocycles. The molecule has 0 aliphatic heterocycles. The third-order valence-corrected chi connectivity index (χ3v) is 5.24. The fraction of sp³-hybridized carbons (Fsp3) is 0.316. The van der Waals surface area contributed by atoms with Crippen molar-refractivity contribution in [1.29, 1.82) is 0 Å². The van der Waals surface area contributed by atoms with Crippen LogP contribution in [0.4, 0.5) is 18.9 Å². The van der Waals surface area contributed by atoms with Crippen molar-refractivity contribution in [2.24, 2.45) is 0 Å². The highest BCUT2D eigenvalue weighted by Gasteiger charge is 2.37. The van der Waals surface area contributed by atoms with Gasteiger partial charge in [0, 0.05) is 16.6 Å². The molecule has 1 saturated carbocycles. The van der Waals surface area contributed by atoms with Crippen LogP contribution < -0.4 is 5.32 Å². The predicted molar refractivity (Wildman–Crippen MR) is 104 cm³/mol. The van der Waals surface area contributed by atoms with Gasteiger partial charge >= 0.3 is 6.18 Å². The zero-order chi connectivity index (χ0) is 20.9. The molecule has 1 amide bonds. The maximum atomic E-state index is 13.6. The number of hydrogen-bond donors (Lipinski definition) is 1. The van der Waals surface area contributed by atoms with Gasteiger partial charge in [0.2, 0.25) is 5.91 Å². The first-order chi connectivity index (χ1) is 13.6. The number of pyridine rings is 1. The van der Waals surface area contributed by atoms with Gasteiger partial charge in [-0.3, -0.25) is 4.79 Å². The number of alkyl halides is 3. The Morgan fingerprint density at radius 1 is 1.28 bits per heavy atom. The van der Waals surface area contributed by atoms with E-state index in [4.69, 9.17) is 23.2 Å². The summed E-state index contributed by atoms with van der Waals surface area (Å²) in [6.07, 6.45) is -2.93. The minimum atomic E-state index is -4.54. The average Bonchev–Trinajstić information content (AvgIpc) is 3.42. The van der Waals surface area contributed by atoms with E-state index in [1.165, 1.54) is 17.7 Å². The maximum Gasteiger partial charge on any atom is 0.417 e. The van der Waals surface area contributed by atoms with Gasteiger partial charge < -0.3 is 5.32 Å². The summed E-state index contributed by atoms with van der Waals surface area (Å²) in [6.45, 7) is 1.17. The maximum absolute atomic E-state index is 13.6. The van der Waals surface area contributed by atoms with E-state index in [0.717, 1.165) is 18.9 Å². The van der Waals surface area contributed by atoms with Crippen LogP contribution >= 0.6 is 23.2 Å². The molecule has 4 rings (SSSR count). The molecular formula is C19H15Cl2F3N4O. The van der Waals surface area contributed by atoms with Crippen LogP contribution in [-0.4, -0.2) is 20.7 Å². The molecule has 2 heterocycles. The lowest BCUT2D eigenvalue weighted by Crippen LogP contribution is -2.20.